The van der Waals surface area contributed by atoms with E-state index in [1.54, 1.807) is 6.20 Å². The summed E-state index contributed by atoms with van der Waals surface area (Å²) >= 11 is 4.97. The topological polar surface area (TPSA) is 57.4 Å². The van der Waals surface area contributed by atoms with E-state index in [0.717, 1.165) is 17.0 Å². The Labute approximate surface area is 86.8 Å². The quantitative estimate of drug-likeness (QED) is 0.653. The van der Waals surface area contributed by atoms with Crippen molar-refractivity contribution >= 4 is 23.4 Å². The van der Waals surface area contributed by atoms with Gasteiger partial charge >= 0.3 is 0 Å². The van der Waals surface area contributed by atoms with Crippen molar-refractivity contribution in [3.05, 3.63) is 16.8 Å². The van der Waals surface area contributed by atoms with Crippen LogP contribution in [-0.4, -0.2) is 19.9 Å². The number of hydrogen-bond acceptors (Lipinski definition) is 3. The number of fused-ring (bicyclic) bond motifs is 1. The van der Waals surface area contributed by atoms with Crippen LogP contribution in [0.4, 0.5) is 0 Å². The minimum Gasteiger partial charge on any atom is -0.328 e. The van der Waals surface area contributed by atoms with Crippen molar-refractivity contribution in [1.29, 1.82) is 0 Å². The monoisotopic (exact) mass is 208 g/mol. The number of aromatic nitrogens is 4. The summed E-state index contributed by atoms with van der Waals surface area (Å²) in [4.78, 5) is 14.6. The molecule has 0 aliphatic rings. The van der Waals surface area contributed by atoms with Gasteiger partial charge in [0.15, 0.2) is 10.4 Å². The van der Waals surface area contributed by atoms with Gasteiger partial charge in [-0.15, -0.1) is 0 Å². The number of hydrogen-bond donors (Lipinski definition) is 2. The van der Waals surface area contributed by atoms with E-state index in [-0.39, 0.29) is 5.41 Å². The Kier molecular flexibility index (Phi) is 1.92. The molecule has 0 spiro atoms. The van der Waals surface area contributed by atoms with E-state index in [0.29, 0.717) is 4.77 Å². The molecule has 0 saturated carbocycles. The minimum atomic E-state index is -0.0408. The van der Waals surface area contributed by atoms with E-state index in [1.165, 1.54) is 0 Å². The van der Waals surface area contributed by atoms with Crippen LogP contribution in [0.25, 0.3) is 11.2 Å². The molecule has 5 heteroatoms. The first-order valence-corrected chi connectivity index (χ1v) is 4.83. The molecule has 0 fully saturated rings. The molecule has 4 nitrogen and oxygen atoms in total. The predicted octanol–water partition coefficient (Wildman–Crippen LogP) is 2.31. The third-order valence-corrected chi connectivity index (χ3v) is 2.14. The predicted molar refractivity (Wildman–Crippen MR) is 57.8 cm³/mol. The molecule has 0 aliphatic carbocycles. The second-order valence-electron chi connectivity index (χ2n) is 4.29. The van der Waals surface area contributed by atoms with Gasteiger partial charge in [-0.05, 0) is 12.2 Å². The highest BCUT2D eigenvalue weighted by atomic mass is 32.1. The summed E-state index contributed by atoms with van der Waals surface area (Å²) in [7, 11) is 0. The molecule has 0 amide bonds. The number of rotatable bonds is 0. The fourth-order valence-electron chi connectivity index (χ4n) is 1.19. The molecule has 74 valence electrons. The first kappa shape index (κ1) is 9.33. The lowest BCUT2D eigenvalue weighted by Crippen LogP contribution is -2.15. The highest BCUT2D eigenvalue weighted by molar-refractivity contribution is 7.71. The van der Waals surface area contributed by atoms with E-state index in [4.69, 9.17) is 12.2 Å². The van der Waals surface area contributed by atoms with Crippen molar-refractivity contribution in [2.75, 3.05) is 0 Å². The average Bonchev–Trinajstić information content (AvgIpc) is 2.41. The van der Waals surface area contributed by atoms with Crippen LogP contribution in [0.1, 0.15) is 26.6 Å². The van der Waals surface area contributed by atoms with Crippen LogP contribution in [0.5, 0.6) is 0 Å². The molecule has 0 atom stereocenters. The van der Waals surface area contributed by atoms with Crippen molar-refractivity contribution in [2.45, 2.75) is 26.2 Å². The molecular formula is C9H12N4S. The molecule has 2 heterocycles. The maximum Gasteiger partial charge on any atom is 0.176 e. The molecule has 2 rings (SSSR count). The summed E-state index contributed by atoms with van der Waals surface area (Å²) in [5.41, 5.74) is 1.58. The van der Waals surface area contributed by atoms with Gasteiger partial charge in [-0.1, -0.05) is 20.8 Å². The summed E-state index contributed by atoms with van der Waals surface area (Å²) in [5, 5.41) is 0. The average molecular weight is 208 g/mol. The van der Waals surface area contributed by atoms with Gasteiger partial charge < -0.3 is 9.97 Å². The molecular weight excluding hydrogens is 196 g/mol. The number of H-pyrrole nitrogens is 2. The van der Waals surface area contributed by atoms with Gasteiger partial charge in [0, 0.05) is 5.41 Å². The highest BCUT2D eigenvalue weighted by Gasteiger charge is 2.17. The molecule has 0 bridgehead atoms. The van der Waals surface area contributed by atoms with Crippen LogP contribution in [-0.2, 0) is 5.41 Å². The van der Waals surface area contributed by atoms with Gasteiger partial charge in [0.2, 0.25) is 0 Å². The van der Waals surface area contributed by atoms with Crippen molar-refractivity contribution in [3.8, 4) is 0 Å². The highest BCUT2D eigenvalue weighted by Crippen LogP contribution is 2.18. The van der Waals surface area contributed by atoms with Gasteiger partial charge in [-0.2, -0.15) is 0 Å². The van der Waals surface area contributed by atoms with E-state index >= 15 is 0 Å². The van der Waals surface area contributed by atoms with Crippen molar-refractivity contribution in [1.82, 2.24) is 19.9 Å². The third-order valence-electron chi connectivity index (χ3n) is 1.94. The summed E-state index contributed by atoms with van der Waals surface area (Å²) in [6, 6.07) is 0. The molecule has 2 aromatic rings. The summed E-state index contributed by atoms with van der Waals surface area (Å²) in [6.07, 6.45) is 1.76. The Hall–Kier alpha value is -1.23. The zero-order valence-electron chi connectivity index (χ0n) is 8.38. The first-order chi connectivity index (χ1) is 6.47. The van der Waals surface area contributed by atoms with Gasteiger partial charge in [0.05, 0.1) is 6.20 Å². The van der Waals surface area contributed by atoms with Crippen LogP contribution >= 0.6 is 12.2 Å². The van der Waals surface area contributed by atoms with E-state index in [9.17, 15) is 0 Å². The Morgan fingerprint density at radius 3 is 2.64 bits per heavy atom. The van der Waals surface area contributed by atoms with Gasteiger partial charge in [0.25, 0.3) is 0 Å². The second-order valence-corrected chi connectivity index (χ2v) is 4.69. The van der Waals surface area contributed by atoms with Crippen LogP contribution in [0.3, 0.4) is 0 Å². The number of nitrogens with zero attached hydrogens (tertiary/aromatic N) is 2. The number of nitrogens with one attached hydrogen (secondary N) is 2. The maximum atomic E-state index is 4.97. The summed E-state index contributed by atoms with van der Waals surface area (Å²) in [5.74, 6) is 0.815. The molecule has 2 aromatic heterocycles. The van der Waals surface area contributed by atoms with E-state index < -0.39 is 0 Å². The summed E-state index contributed by atoms with van der Waals surface area (Å²) in [6.45, 7) is 6.24. The number of imidazole rings is 1. The summed E-state index contributed by atoms with van der Waals surface area (Å²) < 4.78 is 0.584. The van der Waals surface area contributed by atoms with Crippen molar-refractivity contribution in [3.63, 3.8) is 0 Å². The van der Waals surface area contributed by atoms with Crippen LogP contribution in [0, 0.1) is 4.77 Å². The minimum absolute atomic E-state index is 0.0408. The van der Waals surface area contributed by atoms with E-state index in [2.05, 4.69) is 40.7 Å². The van der Waals surface area contributed by atoms with Gasteiger partial charge in [-0.3, -0.25) is 0 Å². The molecule has 0 radical (unpaired) electrons. The fourth-order valence-corrected chi connectivity index (χ4v) is 1.40. The zero-order valence-corrected chi connectivity index (χ0v) is 9.20. The Balaban J connectivity index is 2.67. The Bertz CT molecular complexity index is 517. The van der Waals surface area contributed by atoms with Crippen LogP contribution < -0.4 is 0 Å². The zero-order chi connectivity index (χ0) is 10.3. The van der Waals surface area contributed by atoms with Crippen LogP contribution in [0.15, 0.2) is 6.20 Å². The lowest BCUT2D eigenvalue weighted by atomic mass is 9.96. The molecule has 0 unspecified atom stereocenters. The molecule has 0 saturated heterocycles. The first-order valence-electron chi connectivity index (χ1n) is 4.42. The smallest absolute Gasteiger partial charge is 0.176 e. The lowest BCUT2D eigenvalue weighted by Gasteiger charge is -2.15. The molecule has 0 aromatic carbocycles. The van der Waals surface area contributed by atoms with Gasteiger partial charge in [0.1, 0.15) is 11.3 Å². The fraction of sp³-hybridized carbons (Fsp3) is 0.444. The maximum absolute atomic E-state index is 4.97. The molecule has 14 heavy (non-hydrogen) atoms. The SMILES string of the molecule is CC(C)(C)c1ncc2[nH]c(=S)[nH]c2n1. The van der Waals surface area contributed by atoms with Gasteiger partial charge in [-0.25, -0.2) is 9.97 Å². The standard InChI is InChI=1S/C9H12N4S/c1-9(2,3)7-10-4-5-6(12-7)13-8(14)11-5/h4H,1-3H3,(H2,10,11,12,13,14). The molecule has 0 aliphatic heterocycles. The normalized spacial score (nSPS) is 12.2. The Morgan fingerprint density at radius 2 is 2.00 bits per heavy atom. The molecule has 2 N–H and O–H groups in total. The van der Waals surface area contributed by atoms with Crippen molar-refractivity contribution in [2.24, 2.45) is 0 Å². The van der Waals surface area contributed by atoms with E-state index in [1.807, 2.05) is 0 Å². The third kappa shape index (κ3) is 1.55. The van der Waals surface area contributed by atoms with Crippen molar-refractivity contribution < 1.29 is 0 Å². The van der Waals surface area contributed by atoms with Crippen LogP contribution in [0.2, 0.25) is 0 Å². The number of aromatic amines is 2. The second kappa shape index (κ2) is 2.88. The Morgan fingerprint density at radius 1 is 1.29 bits per heavy atom. The lowest BCUT2D eigenvalue weighted by molar-refractivity contribution is 0.548. The largest absolute Gasteiger partial charge is 0.328 e.